The van der Waals surface area contributed by atoms with Gasteiger partial charge in [0.25, 0.3) is 5.91 Å². The second kappa shape index (κ2) is 8.86. The number of hydrogen-bond acceptors (Lipinski definition) is 10. The van der Waals surface area contributed by atoms with Crippen molar-refractivity contribution >= 4 is 28.9 Å². The summed E-state index contributed by atoms with van der Waals surface area (Å²) in [6, 6.07) is 2.57. The number of Topliss-reactive ketones (excluding diaryl/α,β-unsaturated/α-hetero) is 2. The molecule has 4 atom stereocenters. The summed E-state index contributed by atoms with van der Waals surface area (Å²) in [5, 5.41) is 51.5. The molecule has 0 spiro atoms. The summed E-state index contributed by atoms with van der Waals surface area (Å²) in [5.41, 5.74) is 2.88. The average molecular weight is 513 g/mol. The van der Waals surface area contributed by atoms with Crippen LogP contribution in [0.3, 0.4) is 0 Å². The van der Waals surface area contributed by atoms with Gasteiger partial charge in [-0.2, -0.15) is 0 Å². The quantitative estimate of drug-likeness (QED) is 0.216. The van der Waals surface area contributed by atoms with Crippen LogP contribution in [0, 0.1) is 11.8 Å². The molecule has 1 heterocycles. The Morgan fingerprint density at radius 3 is 2.46 bits per heavy atom. The maximum absolute atomic E-state index is 13.9. The number of anilines is 1. The molecule has 0 bridgehead atoms. The number of likely N-dealkylation sites (N-methyl/N-ethyl adjacent to an activating group) is 1. The Labute approximate surface area is 213 Å². The van der Waals surface area contributed by atoms with Gasteiger partial charge in [-0.25, -0.2) is 0 Å². The highest BCUT2D eigenvalue weighted by Crippen LogP contribution is 2.53. The van der Waals surface area contributed by atoms with Crippen molar-refractivity contribution in [3.63, 3.8) is 0 Å². The number of primary amides is 1. The minimum Gasteiger partial charge on any atom is -0.508 e. The molecule has 1 amide bonds. The lowest BCUT2D eigenvalue weighted by atomic mass is 9.57. The largest absolute Gasteiger partial charge is 0.508 e. The van der Waals surface area contributed by atoms with Crippen molar-refractivity contribution in [2.24, 2.45) is 17.6 Å². The van der Waals surface area contributed by atoms with Gasteiger partial charge in [0.05, 0.1) is 17.3 Å². The molecule has 0 aromatic heterocycles. The van der Waals surface area contributed by atoms with Crippen molar-refractivity contribution in [2.75, 3.05) is 32.5 Å². The maximum Gasteiger partial charge on any atom is 0.255 e. The average Bonchev–Trinajstić information content (AvgIpc) is 2.83. The number of aliphatic hydroxyl groups excluding tert-OH is 2. The zero-order valence-corrected chi connectivity index (χ0v) is 20.7. The Hall–Kier alpha value is -3.41. The van der Waals surface area contributed by atoms with Gasteiger partial charge in [0.1, 0.15) is 22.8 Å². The van der Waals surface area contributed by atoms with Crippen LogP contribution in [0.5, 0.6) is 5.75 Å². The fourth-order valence-electron chi connectivity index (χ4n) is 6.52. The summed E-state index contributed by atoms with van der Waals surface area (Å²) >= 11 is 0. The summed E-state index contributed by atoms with van der Waals surface area (Å²) in [5.74, 6) is -6.47. The topological polar surface area (TPSA) is 185 Å². The van der Waals surface area contributed by atoms with Crippen molar-refractivity contribution in [1.82, 2.24) is 10.2 Å². The number of phenolic OH excluding ortho intramolecular Hbond substituents is 1. The first-order chi connectivity index (χ1) is 17.5. The monoisotopic (exact) mass is 512 g/mol. The van der Waals surface area contributed by atoms with E-state index in [0.29, 0.717) is 11.3 Å². The van der Waals surface area contributed by atoms with Crippen LogP contribution in [0.1, 0.15) is 30.4 Å². The van der Waals surface area contributed by atoms with E-state index in [2.05, 4.69) is 10.6 Å². The minimum absolute atomic E-state index is 0.0710. The van der Waals surface area contributed by atoms with Crippen molar-refractivity contribution < 1.29 is 34.8 Å². The number of carbonyl (C=O) groups is 3. The summed E-state index contributed by atoms with van der Waals surface area (Å²) < 4.78 is 0. The second-order valence-corrected chi connectivity index (χ2v) is 10.6. The van der Waals surface area contributed by atoms with Crippen LogP contribution in [-0.4, -0.2) is 87.7 Å². The summed E-state index contributed by atoms with van der Waals surface area (Å²) in [6.07, 6.45) is 2.06. The molecule has 1 saturated heterocycles. The van der Waals surface area contributed by atoms with E-state index in [1.54, 1.807) is 26.2 Å². The molecule has 0 unspecified atom stereocenters. The fourth-order valence-corrected chi connectivity index (χ4v) is 6.52. The van der Waals surface area contributed by atoms with Crippen LogP contribution in [0.15, 0.2) is 29.0 Å². The molecule has 198 valence electrons. The highest BCUT2D eigenvalue weighted by molar-refractivity contribution is 6.24. The highest BCUT2D eigenvalue weighted by Gasteiger charge is 2.64. The van der Waals surface area contributed by atoms with Crippen LogP contribution in [0.2, 0.25) is 0 Å². The van der Waals surface area contributed by atoms with E-state index in [0.717, 1.165) is 25.9 Å². The molecule has 8 N–H and O–H groups in total. The lowest BCUT2D eigenvalue weighted by Crippen LogP contribution is -2.65. The van der Waals surface area contributed by atoms with E-state index in [1.165, 1.54) is 4.90 Å². The zero-order valence-electron chi connectivity index (χ0n) is 20.7. The number of nitrogens with zero attached hydrogens (tertiary/aromatic N) is 1. The van der Waals surface area contributed by atoms with Crippen molar-refractivity contribution in [3.05, 3.63) is 40.2 Å². The van der Waals surface area contributed by atoms with E-state index < -0.39 is 58.0 Å². The van der Waals surface area contributed by atoms with E-state index in [-0.39, 0.29) is 35.8 Å². The number of phenols is 1. The van der Waals surface area contributed by atoms with Gasteiger partial charge in [-0.3, -0.25) is 19.3 Å². The molecule has 1 aliphatic heterocycles. The predicted octanol–water partition coefficient (Wildman–Crippen LogP) is 0.128. The summed E-state index contributed by atoms with van der Waals surface area (Å²) in [4.78, 5) is 40.5. The molecule has 11 nitrogen and oxygen atoms in total. The van der Waals surface area contributed by atoms with Gasteiger partial charge in [0, 0.05) is 17.5 Å². The SMILES string of the molecule is CN(C)[C@H]1C(=O)C(C(N)=O)=C(O)[C@]2(O)C(=O)C3=C(O)c4c(ccc(NC5CCNCC5)c4O)C[C@H]3C[C@H]12. The number of rotatable bonds is 4. The number of piperidine rings is 1. The lowest BCUT2D eigenvalue weighted by Gasteiger charge is -2.50. The number of benzene rings is 1. The smallest absolute Gasteiger partial charge is 0.255 e. The number of fused-ring (bicyclic) bond motifs is 3. The Kier molecular flexibility index (Phi) is 6.05. The van der Waals surface area contributed by atoms with Crippen LogP contribution in [0.25, 0.3) is 5.76 Å². The molecule has 1 aromatic rings. The maximum atomic E-state index is 13.9. The Bertz CT molecular complexity index is 1260. The fraction of sp³-hybridized carbons (Fsp3) is 0.500. The van der Waals surface area contributed by atoms with Crippen LogP contribution >= 0.6 is 0 Å². The van der Waals surface area contributed by atoms with Gasteiger partial charge in [0.15, 0.2) is 11.4 Å². The van der Waals surface area contributed by atoms with Crippen LogP contribution in [0.4, 0.5) is 5.69 Å². The van der Waals surface area contributed by atoms with E-state index >= 15 is 0 Å². The second-order valence-electron chi connectivity index (χ2n) is 10.6. The normalized spacial score (nSPS) is 30.2. The summed E-state index contributed by atoms with van der Waals surface area (Å²) in [6.45, 7) is 1.69. The molecular weight excluding hydrogens is 480 g/mol. The molecule has 4 aliphatic rings. The number of hydrogen-bond donors (Lipinski definition) is 7. The number of aromatic hydroxyl groups is 1. The van der Waals surface area contributed by atoms with Gasteiger partial charge in [-0.05, 0) is 70.4 Å². The molecule has 37 heavy (non-hydrogen) atoms. The Morgan fingerprint density at radius 2 is 1.84 bits per heavy atom. The van der Waals surface area contributed by atoms with Crippen LogP contribution in [-0.2, 0) is 20.8 Å². The predicted molar refractivity (Wildman–Crippen MR) is 134 cm³/mol. The molecule has 5 rings (SSSR count). The van der Waals surface area contributed by atoms with Crippen molar-refractivity contribution in [2.45, 2.75) is 43.4 Å². The van der Waals surface area contributed by atoms with Crippen molar-refractivity contribution in [3.8, 4) is 5.75 Å². The van der Waals surface area contributed by atoms with Crippen molar-refractivity contribution in [1.29, 1.82) is 0 Å². The van der Waals surface area contributed by atoms with Gasteiger partial charge in [-0.1, -0.05) is 6.07 Å². The first-order valence-corrected chi connectivity index (χ1v) is 12.4. The van der Waals surface area contributed by atoms with Crippen LogP contribution < -0.4 is 16.4 Å². The Morgan fingerprint density at radius 1 is 1.16 bits per heavy atom. The van der Waals surface area contributed by atoms with E-state index in [1.807, 2.05) is 0 Å². The number of aliphatic hydroxyl groups is 3. The van der Waals surface area contributed by atoms with Gasteiger partial charge in [-0.15, -0.1) is 0 Å². The number of amides is 1. The first-order valence-electron chi connectivity index (χ1n) is 12.4. The molecular formula is C26H32N4O7. The number of nitrogens with one attached hydrogen (secondary N) is 2. The summed E-state index contributed by atoms with van der Waals surface area (Å²) in [7, 11) is 3.14. The number of ketones is 2. The van der Waals surface area contributed by atoms with E-state index in [9.17, 15) is 34.8 Å². The Balaban J connectivity index is 1.62. The lowest BCUT2D eigenvalue weighted by molar-refractivity contribution is -0.153. The van der Waals surface area contributed by atoms with Gasteiger partial charge >= 0.3 is 0 Å². The highest BCUT2D eigenvalue weighted by atomic mass is 16.3. The van der Waals surface area contributed by atoms with Gasteiger partial charge in [0.2, 0.25) is 5.78 Å². The molecule has 11 heteroatoms. The first kappa shape index (κ1) is 25.2. The van der Waals surface area contributed by atoms with Gasteiger partial charge < -0.3 is 36.8 Å². The third-order valence-electron chi connectivity index (χ3n) is 8.29. The molecule has 1 saturated carbocycles. The standard InChI is InChI=1S/C26H32N4O7/c1-30(2)19-14-10-12-9-11-3-4-15(29-13-5-7-28-8-6-13)20(31)16(11)21(32)17(12)23(34)26(14,37)24(35)18(22(19)33)25(27)36/h3-4,12-14,19,28-29,31-32,35,37H,5-10H2,1-2H3,(H2,27,36)/t12-,14+,19+,26+/m0/s1. The third kappa shape index (κ3) is 3.64. The number of nitrogens with two attached hydrogens (primary N) is 1. The zero-order chi connectivity index (χ0) is 26.8. The minimum atomic E-state index is -2.63. The molecule has 1 aromatic carbocycles. The van der Waals surface area contributed by atoms with E-state index in [4.69, 9.17) is 5.73 Å². The molecule has 0 radical (unpaired) electrons. The molecule has 3 aliphatic carbocycles. The number of carbonyl (C=O) groups excluding carboxylic acids is 3. The third-order valence-corrected chi connectivity index (χ3v) is 8.29. The molecule has 2 fully saturated rings.